The van der Waals surface area contributed by atoms with Crippen molar-refractivity contribution in [2.75, 3.05) is 18.4 Å². The van der Waals surface area contributed by atoms with Crippen molar-refractivity contribution < 1.29 is 0 Å². The van der Waals surface area contributed by atoms with Crippen LogP contribution in [0.1, 0.15) is 24.8 Å². The topological polar surface area (TPSA) is 33.1 Å². The summed E-state index contributed by atoms with van der Waals surface area (Å²) in [7, 11) is 0. The van der Waals surface area contributed by atoms with Gasteiger partial charge in [0.15, 0.2) is 0 Å². The number of nitrogens with one attached hydrogen (secondary N) is 1. The summed E-state index contributed by atoms with van der Waals surface area (Å²) in [6.45, 7) is 3.35. The molecule has 1 saturated carbocycles. The van der Waals surface area contributed by atoms with Crippen LogP contribution < -0.4 is 5.32 Å². The van der Waals surface area contributed by atoms with E-state index in [1.807, 2.05) is 18.7 Å². The SMILES string of the molecule is c1cc(Cn2ccnc2)cc(NC2CCN(C3CC3)C2)c1. The number of anilines is 1. The van der Waals surface area contributed by atoms with Gasteiger partial charge in [0.1, 0.15) is 0 Å². The standard InChI is InChI=1S/C17H22N4/c1-2-14(11-20-9-7-18-13-20)10-15(3-1)19-16-6-8-21(12-16)17-4-5-17/h1-3,7,9-10,13,16-17,19H,4-6,8,11-12H2. The van der Waals surface area contributed by atoms with Gasteiger partial charge in [-0.05, 0) is 37.0 Å². The first-order chi connectivity index (χ1) is 10.4. The van der Waals surface area contributed by atoms with E-state index in [1.165, 1.54) is 43.6 Å². The number of imidazole rings is 1. The minimum absolute atomic E-state index is 0.606. The third-order valence-electron chi connectivity index (χ3n) is 4.51. The van der Waals surface area contributed by atoms with Crippen LogP contribution in [0.2, 0.25) is 0 Å². The van der Waals surface area contributed by atoms with Gasteiger partial charge in [-0.15, -0.1) is 0 Å². The summed E-state index contributed by atoms with van der Waals surface area (Å²) in [5.41, 5.74) is 2.56. The number of rotatable bonds is 5. The lowest BCUT2D eigenvalue weighted by molar-refractivity contribution is 0.326. The molecule has 110 valence electrons. The predicted octanol–water partition coefficient (Wildman–Crippen LogP) is 2.58. The molecule has 0 amide bonds. The maximum absolute atomic E-state index is 4.10. The predicted molar refractivity (Wildman–Crippen MR) is 84.4 cm³/mol. The van der Waals surface area contributed by atoms with Gasteiger partial charge in [-0.2, -0.15) is 0 Å². The van der Waals surface area contributed by atoms with E-state index >= 15 is 0 Å². The van der Waals surface area contributed by atoms with Crippen molar-refractivity contribution in [1.29, 1.82) is 0 Å². The fraction of sp³-hybridized carbons (Fsp3) is 0.471. The van der Waals surface area contributed by atoms with E-state index in [-0.39, 0.29) is 0 Å². The van der Waals surface area contributed by atoms with Gasteiger partial charge in [-0.1, -0.05) is 12.1 Å². The molecule has 1 aromatic carbocycles. The second-order valence-electron chi connectivity index (χ2n) is 6.29. The van der Waals surface area contributed by atoms with Crippen LogP contribution in [0, 0.1) is 0 Å². The summed E-state index contributed by atoms with van der Waals surface area (Å²) >= 11 is 0. The van der Waals surface area contributed by atoms with E-state index in [9.17, 15) is 0 Å². The lowest BCUT2D eigenvalue weighted by Crippen LogP contribution is -2.27. The molecule has 0 spiro atoms. The Kier molecular flexibility index (Phi) is 3.39. The van der Waals surface area contributed by atoms with Gasteiger partial charge in [0.25, 0.3) is 0 Å². The molecule has 4 heteroatoms. The lowest BCUT2D eigenvalue weighted by Gasteiger charge is -2.17. The smallest absolute Gasteiger partial charge is 0.0949 e. The summed E-state index contributed by atoms with van der Waals surface area (Å²) in [4.78, 5) is 6.74. The van der Waals surface area contributed by atoms with Crippen LogP contribution in [-0.2, 0) is 6.54 Å². The Bertz CT molecular complexity index is 589. The highest BCUT2D eigenvalue weighted by Gasteiger charge is 2.34. The Balaban J connectivity index is 1.38. The van der Waals surface area contributed by atoms with Crippen LogP contribution in [-0.4, -0.2) is 39.6 Å². The molecule has 2 aliphatic rings. The van der Waals surface area contributed by atoms with Gasteiger partial charge in [0.05, 0.1) is 6.33 Å². The first-order valence-electron chi connectivity index (χ1n) is 7.92. The van der Waals surface area contributed by atoms with Crippen LogP contribution in [0.25, 0.3) is 0 Å². The fourth-order valence-corrected chi connectivity index (χ4v) is 3.26. The highest BCUT2D eigenvalue weighted by atomic mass is 15.2. The van der Waals surface area contributed by atoms with Crippen molar-refractivity contribution in [2.24, 2.45) is 0 Å². The largest absolute Gasteiger partial charge is 0.381 e. The molecule has 2 aromatic rings. The molecule has 1 N–H and O–H groups in total. The number of hydrogen-bond donors (Lipinski definition) is 1. The van der Waals surface area contributed by atoms with Crippen LogP contribution in [0.3, 0.4) is 0 Å². The Morgan fingerprint density at radius 1 is 1.24 bits per heavy atom. The van der Waals surface area contributed by atoms with Crippen molar-refractivity contribution in [1.82, 2.24) is 14.5 Å². The number of benzene rings is 1. The molecule has 1 aromatic heterocycles. The van der Waals surface area contributed by atoms with Gasteiger partial charge in [-0.25, -0.2) is 4.98 Å². The van der Waals surface area contributed by atoms with E-state index in [0.29, 0.717) is 6.04 Å². The molecular formula is C17H22N4. The first-order valence-corrected chi connectivity index (χ1v) is 7.92. The highest BCUT2D eigenvalue weighted by molar-refractivity contribution is 5.47. The molecule has 2 fully saturated rings. The zero-order valence-corrected chi connectivity index (χ0v) is 12.3. The van der Waals surface area contributed by atoms with Gasteiger partial charge in [0.2, 0.25) is 0 Å². The molecule has 21 heavy (non-hydrogen) atoms. The van der Waals surface area contributed by atoms with E-state index in [1.54, 1.807) is 0 Å². The van der Waals surface area contributed by atoms with Crippen molar-refractivity contribution >= 4 is 5.69 Å². The summed E-state index contributed by atoms with van der Waals surface area (Å²) in [5, 5.41) is 3.71. The third-order valence-corrected chi connectivity index (χ3v) is 4.51. The summed E-state index contributed by atoms with van der Waals surface area (Å²) < 4.78 is 2.10. The summed E-state index contributed by atoms with van der Waals surface area (Å²) in [6, 6.07) is 10.3. The molecule has 1 aliphatic carbocycles. The molecule has 4 rings (SSSR count). The Morgan fingerprint density at radius 3 is 3.00 bits per heavy atom. The fourth-order valence-electron chi connectivity index (χ4n) is 3.26. The lowest BCUT2D eigenvalue weighted by atomic mass is 10.1. The summed E-state index contributed by atoms with van der Waals surface area (Å²) in [5.74, 6) is 0. The molecule has 4 nitrogen and oxygen atoms in total. The van der Waals surface area contributed by atoms with Gasteiger partial charge in [-0.3, -0.25) is 4.90 Å². The van der Waals surface area contributed by atoms with Crippen molar-refractivity contribution in [3.8, 4) is 0 Å². The maximum atomic E-state index is 4.10. The first kappa shape index (κ1) is 12.9. The van der Waals surface area contributed by atoms with Gasteiger partial charge in [0, 0.05) is 49.8 Å². The number of nitrogens with zero attached hydrogens (tertiary/aromatic N) is 3. The second kappa shape index (κ2) is 5.53. The Labute approximate surface area is 125 Å². The minimum atomic E-state index is 0.606. The van der Waals surface area contributed by atoms with Crippen LogP contribution in [0.15, 0.2) is 43.0 Å². The van der Waals surface area contributed by atoms with Crippen LogP contribution in [0.4, 0.5) is 5.69 Å². The molecule has 1 aliphatic heterocycles. The van der Waals surface area contributed by atoms with Gasteiger partial charge < -0.3 is 9.88 Å². The monoisotopic (exact) mass is 282 g/mol. The van der Waals surface area contributed by atoms with Crippen molar-refractivity contribution in [3.63, 3.8) is 0 Å². The van der Waals surface area contributed by atoms with Crippen LogP contribution >= 0.6 is 0 Å². The van der Waals surface area contributed by atoms with E-state index in [4.69, 9.17) is 0 Å². The number of aromatic nitrogens is 2. The molecule has 1 saturated heterocycles. The highest BCUT2D eigenvalue weighted by Crippen LogP contribution is 2.30. The minimum Gasteiger partial charge on any atom is -0.381 e. The quantitative estimate of drug-likeness (QED) is 0.915. The summed E-state index contributed by atoms with van der Waals surface area (Å²) in [6.07, 6.45) is 9.78. The number of hydrogen-bond acceptors (Lipinski definition) is 3. The maximum Gasteiger partial charge on any atom is 0.0949 e. The van der Waals surface area contributed by atoms with Crippen molar-refractivity contribution in [3.05, 3.63) is 48.5 Å². The second-order valence-corrected chi connectivity index (χ2v) is 6.29. The van der Waals surface area contributed by atoms with Crippen LogP contribution in [0.5, 0.6) is 0 Å². The van der Waals surface area contributed by atoms with Gasteiger partial charge >= 0.3 is 0 Å². The Morgan fingerprint density at radius 2 is 2.19 bits per heavy atom. The average molecular weight is 282 g/mol. The molecule has 1 atom stereocenters. The normalized spacial score (nSPS) is 22.6. The van der Waals surface area contributed by atoms with E-state index in [2.05, 4.69) is 44.0 Å². The Hall–Kier alpha value is -1.81. The number of likely N-dealkylation sites (tertiary alicyclic amines) is 1. The van der Waals surface area contributed by atoms with Crippen molar-refractivity contribution in [2.45, 2.75) is 37.9 Å². The molecule has 2 heterocycles. The molecule has 0 radical (unpaired) electrons. The average Bonchev–Trinajstić information content (AvgIpc) is 3.02. The zero-order chi connectivity index (χ0) is 14.1. The van der Waals surface area contributed by atoms with E-state index < -0.39 is 0 Å². The molecular weight excluding hydrogens is 260 g/mol. The molecule has 0 bridgehead atoms. The molecule has 1 unspecified atom stereocenters. The zero-order valence-electron chi connectivity index (χ0n) is 12.3. The van der Waals surface area contributed by atoms with E-state index in [0.717, 1.165) is 12.6 Å². The third kappa shape index (κ3) is 3.10.